The molecule has 6 heteroatoms. The van der Waals surface area contributed by atoms with E-state index >= 15 is 0 Å². The summed E-state index contributed by atoms with van der Waals surface area (Å²) in [7, 11) is 3.11. The van der Waals surface area contributed by atoms with Crippen LogP contribution in [0.1, 0.15) is 30.0 Å². The predicted molar refractivity (Wildman–Crippen MR) is 143 cm³/mol. The number of esters is 1. The van der Waals surface area contributed by atoms with E-state index in [1.54, 1.807) is 19.1 Å². The Morgan fingerprint density at radius 2 is 1.82 bits per heavy atom. The van der Waals surface area contributed by atoms with Crippen molar-refractivity contribution in [1.82, 2.24) is 0 Å². The summed E-state index contributed by atoms with van der Waals surface area (Å²) in [4.78, 5) is 15.2. The minimum atomic E-state index is -0.256. The molecule has 0 fully saturated rings. The summed E-state index contributed by atoms with van der Waals surface area (Å²) in [6, 6.07) is 14.3. The summed E-state index contributed by atoms with van der Waals surface area (Å²) in [5.41, 5.74) is 5.51. The monoisotopic (exact) mass is 476 g/mol. The normalized spacial score (nSPS) is 11.6. The zero-order valence-corrected chi connectivity index (χ0v) is 21.5. The Morgan fingerprint density at radius 3 is 2.47 bits per heavy atom. The first-order valence-electron chi connectivity index (χ1n) is 11.2. The Morgan fingerprint density at radius 1 is 1.12 bits per heavy atom. The van der Waals surface area contributed by atoms with E-state index in [0.717, 1.165) is 39.0 Å². The van der Waals surface area contributed by atoms with E-state index in [-0.39, 0.29) is 18.4 Å². The van der Waals surface area contributed by atoms with Gasteiger partial charge < -0.3 is 19.1 Å². The van der Waals surface area contributed by atoms with Crippen LogP contribution in [-0.4, -0.2) is 32.8 Å². The number of methoxy groups -OCH3 is 2. The summed E-state index contributed by atoms with van der Waals surface area (Å²) in [6.45, 7) is 8.68. The Labute approximate surface area is 207 Å². The summed E-state index contributed by atoms with van der Waals surface area (Å²) in [5, 5.41) is 2.15. The van der Waals surface area contributed by atoms with E-state index in [9.17, 15) is 4.79 Å². The van der Waals surface area contributed by atoms with E-state index in [1.165, 1.54) is 17.6 Å². The highest BCUT2D eigenvalue weighted by Crippen LogP contribution is 2.38. The van der Waals surface area contributed by atoms with Gasteiger partial charge in [-0.2, -0.15) is 0 Å². The van der Waals surface area contributed by atoms with Gasteiger partial charge in [0, 0.05) is 27.4 Å². The quantitative estimate of drug-likeness (QED) is 0.223. The molecule has 178 valence electrons. The van der Waals surface area contributed by atoms with E-state index in [4.69, 9.17) is 15.9 Å². The van der Waals surface area contributed by atoms with Crippen molar-refractivity contribution < 1.29 is 14.3 Å². The molecule has 0 bridgehead atoms. The Balaban J connectivity index is 1.97. The maximum Gasteiger partial charge on any atom is 0.307 e. The molecule has 0 aliphatic heterocycles. The van der Waals surface area contributed by atoms with Crippen LogP contribution in [0.3, 0.4) is 0 Å². The standard InChI is InChI=1S/C28H32N2O3S/c1-8-15-30(19(3)17-27(31)33-7)25-14-13-24(22-11-9-10-12-23(22)25)29-34-28-18(2)16-26(32-6)20(4)21(28)5/h1,9-14,16,19,29H,15,17H2,2-7H3. The number of hydrogen-bond donors (Lipinski definition) is 1. The Bertz CT molecular complexity index is 1230. The van der Waals surface area contributed by atoms with Crippen LogP contribution in [0.4, 0.5) is 11.4 Å². The molecule has 0 aromatic heterocycles. The number of nitrogens with one attached hydrogen (secondary N) is 1. The fourth-order valence-electron chi connectivity index (χ4n) is 4.13. The zero-order valence-electron chi connectivity index (χ0n) is 20.7. The number of benzene rings is 3. The van der Waals surface area contributed by atoms with Crippen LogP contribution in [0.15, 0.2) is 47.4 Å². The maximum absolute atomic E-state index is 11.9. The lowest BCUT2D eigenvalue weighted by atomic mass is 10.0. The summed E-state index contributed by atoms with van der Waals surface area (Å²) in [6.07, 6.45) is 5.94. The Hall–Kier alpha value is -3.30. The first-order valence-corrected chi connectivity index (χ1v) is 12.0. The first-order chi connectivity index (χ1) is 16.3. The Kier molecular flexibility index (Phi) is 8.36. The van der Waals surface area contributed by atoms with Gasteiger partial charge in [-0.15, -0.1) is 6.42 Å². The number of carbonyl (C=O) groups excluding carboxylic acids is 1. The third-order valence-electron chi connectivity index (χ3n) is 6.16. The van der Waals surface area contributed by atoms with Gasteiger partial charge in [0.1, 0.15) is 5.75 Å². The molecule has 0 amide bonds. The molecule has 1 atom stereocenters. The molecule has 1 N–H and O–H groups in total. The van der Waals surface area contributed by atoms with E-state index in [2.05, 4.69) is 66.6 Å². The van der Waals surface area contributed by atoms with E-state index in [1.807, 2.05) is 19.1 Å². The van der Waals surface area contributed by atoms with Gasteiger partial charge in [-0.3, -0.25) is 4.79 Å². The van der Waals surface area contributed by atoms with Crippen molar-refractivity contribution in [2.75, 3.05) is 30.4 Å². The van der Waals surface area contributed by atoms with Crippen LogP contribution in [0.2, 0.25) is 0 Å². The average Bonchev–Trinajstić information content (AvgIpc) is 2.84. The van der Waals surface area contributed by atoms with Crippen LogP contribution in [0, 0.1) is 33.1 Å². The fourth-order valence-corrected chi connectivity index (χ4v) is 5.05. The molecule has 5 nitrogen and oxygen atoms in total. The van der Waals surface area contributed by atoms with Gasteiger partial charge in [0.2, 0.25) is 0 Å². The number of hydrogen-bond acceptors (Lipinski definition) is 6. The maximum atomic E-state index is 11.9. The van der Waals surface area contributed by atoms with Crippen LogP contribution >= 0.6 is 11.9 Å². The number of carbonyl (C=O) groups is 1. The predicted octanol–water partition coefficient (Wildman–Crippen LogP) is 6.28. The van der Waals surface area contributed by atoms with E-state index in [0.29, 0.717) is 6.54 Å². The topological polar surface area (TPSA) is 50.8 Å². The minimum absolute atomic E-state index is 0.104. The number of ether oxygens (including phenoxy) is 2. The second-order valence-corrected chi connectivity index (χ2v) is 9.13. The van der Waals surface area contributed by atoms with Crippen molar-refractivity contribution in [3.8, 4) is 18.1 Å². The van der Waals surface area contributed by atoms with E-state index < -0.39 is 0 Å². The third-order valence-corrected chi connectivity index (χ3v) is 7.31. The molecule has 34 heavy (non-hydrogen) atoms. The highest BCUT2D eigenvalue weighted by atomic mass is 32.2. The van der Waals surface area contributed by atoms with Gasteiger partial charge in [0.25, 0.3) is 0 Å². The molecular weight excluding hydrogens is 444 g/mol. The van der Waals surface area contributed by atoms with Crippen LogP contribution in [0.5, 0.6) is 5.75 Å². The lowest BCUT2D eigenvalue weighted by Crippen LogP contribution is -2.35. The number of nitrogens with zero attached hydrogens (tertiary/aromatic N) is 1. The van der Waals surface area contributed by atoms with Gasteiger partial charge >= 0.3 is 5.97 Å². The second-order valence-electron chi connectivity index (χ2n) is 8.32. The molecule has 3 rings (SSSR count). The molecule has 0 spiro atoms. The fraction of sp³-hybridized carbons (Fsp3) is 0.321. The first kappa shape index (κ1) is 25.3. The lowest BCUT2D eigenvalue weighted by Gasteiger charge is -2.30. The molecule has 0 radical (unpaired) electrons. The second kappa shape index (κ2) is 11.2. The smallest absolute Gasteiger partial charge is 0.307 e. The number of anilines is 2. The van der Waals surface area contributed by atoms with Crippen molar-refractivity contribution in [2.24, 2.45) is 0 Å². The van der Waals surface area contributed by atoms with Crippen LogP contribution < -0.4 is 14.4 Å². The summed E-state index contributed by atoms with van der Waals surface area (Å²) >= 11 is 1.60. The number of rotatable bonds is 9. The van der Waals surface area contributed by atoms with Crippen LogP contribution in [0.25, 0.3) is 10.8 Å². The molecule has 0 saturated heterocycles. The zero-order chi connectivity index (χ0) is 24.8. The molecule has 3 aromatic carbocycles. The number of fused-ring (bicyclic) bond motifs is 1. The van der Waals surface area contributed by atoms with Gasteiger partial charge in [0.15, 0.2) is 0 Å². The largest absolute Gasteiger partial charge is 0.496 e. The summed E-state index contributed by atoms with van der Waals surface area (Å²) < 4.78 is 13.9. The van der Waals surface area contributed by atoms with Gasteiger partial charge in [-0.25, -0.2) is 0 Å². The molecule has 0 heterocycles. The van der Waals surface area contributed by atoms with Gasteiger partial charge in [-0.05, 0) is 74.5 Å². The third kappa shape index (κ3) is 5.26. The molecule has 0 aliphatic rings. The van der Waals surface area contributed by atoms with Crippen LogP contribution in [-0.2, 0) is 9.53 Å². The molecule has 3 aromatic rings. The molecule has 1 unspecified atom stereocenters. The van der Waals surface area contributed by atoms with Crippen molar-refractivity contribution >= 4 is 40.1 Å². The molecule has 0 aliphatic carbocycles. The molecular formula is C28H32N2O3S. The SMILES string of the molecule is C#CCN(c1ccc(NSc2c(C)cc(OC)c(C)c2C)c2ccccc12)C(C)CC(=O)OC. The van der Waals surface area contributed by atoms with Gasteiger partial charge in [0.05, 0.1) is 32.9 Å². The highest BCUT2D eigenvalue weighted by molar-refractivity contribution is 8.00. The number of aryl methyl sites for hydroxylation is 1. The van der Waals surface area contributed by atoms with Crippen molar-refractivity contribution in [2.45, 2.75) is 45.1 Å². The molecule has 0 saturated carbocycles. The minimum Gasteiger partial charge on any atom is -0.496 e. The van der Waals surface area contributed by atoms with Crippen molar-refractivity contribution in [3.63, 3.8) is 0 Å². The summed E-state index contributed by atoms with van der Waals surface area (Å²) in [5.74, 6) is 3.39. The van der Waals surface area contributed by atoms with Gasteiger partial charge in [-0.1, -0.05) is 30.2 Å². The van der Waals surface area contributed by atoms with Crippen molar-refractivity contribution in [1.29, 1.82) is 0 Å². The number of terminal acetylenes is 1. The average molecular weight is 477 g/mol. The van der Waals surface area contributed by atoms with Crippen molar-refractivity contribution in [3.05, 3.63) is 59.2 Å². The highest BCUT2D eigenvalue weighted by Gasteiger charge is 2.20. The lowest BCUT2D eigenvalue weighted by molar-refractivity contribution is -0.140.